The monoisotopic (exact) mass is 771 g/mol. The number of rotatable bonds is 5. The highest BCUT2D eigenvalue weighted by Crippen LogP contribution is 2.65. The third kappa shape index (κ3) is 4.25. The number of aromatic hydroxyl groups is 1. The number of halogens is 3. The lowest BCUT2D eigenvalue weighted by atomic mass is 9.56. The number of alkyl halides is 2. The Morgan fingerprint density at radius 1 is 0.935 bits per heavy atom. The van der Waals surface area contributed by atoms with Gasteiger partial charge in [-0.05, 0) is 95.4 Å². The molecule has 7 rings (SSSR count). The topological polar surface area (TPSA) is 116 Å². The second-order valence-electron chi connectivity index (χ2n) is 12.1. The molecule has 2 saturated heterocycles. The highest BCUT2D eigenvalue weighted by Gasteiger charge is 2.76. The average molecular weight is 772 g/mol. The summed E-state index contributed by atoms with van der Waals surface area (Å²) >= 11 is 16.5. The Morgan fingerprint density at radius 2 is 1.61 bits per heavy atom. The maximum Gasteiger partial charge on any atom is 0.253 e. The van der Waals surface area contributed by atoms with Gasteiger partial charge in [-0.2, -0.15) is 0 Å². The van der Waals surface area contributed by atoms with Crippen molar-refractivity contribution < 1.29 is 29.0 Å². The van der Waals surface area contributed by atoms with Crippen LogP contribution < -0.4 is 15.0 Å². The Labute approximate surface area is 288 Å². The molecule has 2 aliphatic carbocycles. The van der Waals surface area contributed by atoms with Gasteiger partial charge in [-0.1, -0.05) is 29.8 Å². The standard InChI is InChI=1S/C34H28Cl2IN3O6/c1-39-31(44)33(35)16-23-21(27(34(33,36)32(39)45)17-14-24(37)28(41)25(15-17)46-2)12-13-22-26(23)30(43)40(29(22)42)20-10-8-19(9-11-20)38-18-6-4-3-5-7-18/h3-12,14-15,22-23,26-27,38,41H,13,16H2,1-2H3. The summed E-state index contributed by atoms with van der Waals surface area (Å²) in [6.45, 7) is 0. The van der Waals surface area contributed by atoms with Gasteiger partial charge in [-0.25, -0.2) is 0 Å². The van der Waals surface area contributed by atoms with E-state index in [0.717, 1.165) is 16.3 Å². The van der Waals surface area contributed by atoms with Crippen molar-refractivity contribution in [2.45, 2.75) is 28.5 Å². The lowest BCUT2D eigenvalue weighted by molar-refractivity contribution is -0.138. The van der Waals surface area contributed by atoms with Crippen molar-refractivity contribution in [3.63, 3.8) is 0 Å². The van der Waals surface area contributed by atoms with Crippen LogP contribution in [0.4, 0.5) is 17.1 Å². The van der Waals surface area contributed by atoms with Gasteiger partial charge in [0, 0.05) is 24.3 Å². The smallest absolute Gasteiger partial charge is 0.253 e. The molecule has 2 N–H and O–H groups in total. The zero-order valence-electron chi connectivity index (χ0n) is 24.7. The Bertz CT molecular complexity index is 1850. The van der Waals surface area contributed by atoms with E-state index >= 15 is 0 Å². The van der Waals surface area contributed by atoms with Crippen molar-refractivity contribution in [3.8, 4) is 11.5 Å². The van der Waals surface area contributed by atoms with E-state index in [1.54, 1.807) is 36.4 Å². The number of carbonyl (C=O) groups is 4. The number of imide groups is 2. The van der Waals surface area contributed by atoms with Gasteiger partial charge in [0.05, 0.1) is 28.2 Å². The number of methoxy groups -OCH3 is 1. The third-order valence-corrected chi connectivity index (χ3v) is 12.0. The van der Waals surface area contributed by atoms with E-state index in [4.69, 9.17) is 27.9 Å². The van der Waals surface area contributed by atoms with Crippen LogP contribution in [0.25, 0.3) is 0 Å². The normalized spacial score (nSPS) is 30.2. The third-order valence-electron chi connectivity index (χ3n) is 9.81. The summed E-state index contributed by atoms with van der Waals surface area (Å²) < 4.78 is 5.86. The van der Waals surface area contributed by atoms with Crippen LogP contribution in [0.1, 0.15) is 24.3 Å². The van der Waals surface area contributed by atoms with Crippen molar-refractivity contribution in [1.29, 1.82) is 0 Å². The van der Waals surface area contributed by atoms with Crippen LogP contribution >= 0.6 is 45.8 Å². The zero-order chi connectivity index (χ0) is 32.7. The van der Waals surface area contributed by atoms with Crippen LogP contribution in [0, 0.1) is 21.3 Å². The molecule has 0 spiro atoms. The zero-order valence-corrected chi connectivity index (χ0v) is 28.3. The number of hydrogen-bond donors (Lipinski definition) is 2. The Hall–Kier alpha value is -3.61. The number of nitrogens with zero attached hydrogens (tertiary/aromatic N) is 2. The van der Waals surface area contributed by atoms with Gasteiger partial charge < -0.3 is 15.2 Å². The van der Waals surface area contributed by atoms with Gasteiger partial charge in [0.25, 0.3) is 11.8 Å². The van der Waals surface area contributed by atoms with Gasteiger partial charge in [-0.15, -0.1) is 23.2 Å². The summed E-state index contributed by atoms with van der Waals surface area (Å²) in [5, 5.41) is 13.9. The van der Waals surface area contributed by atoms with Crippen molar-refractivity contribution >= 4 is 86.5 Å². The molecule has 1 saturated carbocycles. The molecule has 0 bridgehead atoms. The van der Waals surface area contributed by atoms with Crippen molar-refractivity contribution in [3.05, 3.63) is 87.5 Å². The number of para-hydroxylation sites is 1. The van der Waals surface area contributed by atoms with Crippen LogP contribution in [0.5, 0.6) is 11.5 Å². The number of nitrogens with one attached hydrogen (secondary N) is 1. The second-order valence-corrected chi connectivity index (χ2v) is 14.5. The van der Waals surface area contributed by atoms with Crippen LogP contribution in [0.15, 0.2) is 78.4 Å². The first kappa shape index (κ1) is 31.0. The van der Waals surface area contributed by atoms with E-state index in [0.29, 0.717) is 20.4 Å². The van der Waals surface area contributed by atoms with Gasteiger partial charge in [-0.3, -0.25) is 29.0 Å². The number of benzene rings is 3. The molecule has 9 nitrogen and oxygen atoms in total. The second kappa shape index (κ2) is 11.0. The molecule has 236 valence electrons. The number of ether oxygens (including phenoxy) is 1. The predicted octanol–water partition coefficient (Wildman–Crippen LogP) is 5.94. The molecule has 2 heterocycles. The predicted molar refractivity (Wildman–Crippen MR) is 182 cm³/mol. The Morgan fingerprint density at radius 3 is 2.28 bits per heavy atom. The molecule has 2 aliphatic heterocycles. The molecular formula is C34H28Cl2IN3O6. The number of phenolic OH excluding ortho intramolecular Hbond substituents is 1. The summed E-state index contributed by atoms with van der Waals surface area (Å²) in [6.07, 6.45) is 2.02. The number of phenols is 1. The number of likely N-dealkylation sites (tertiary alicyclic amines) is 1. The maximum absolute atomic E-state index is 14.3. The van der Waals surface area contributed by atoms with E-state index in [-0.39, 0.29) is 30.2 Å². The number of carbonyl (C=O) groups excluding carboxylic acids is 4. The first-order chi connectivity index (χ1) is 21.9. The number of allylic oxidation sites excluding steroid dienone is 2. The Balaban J connectivity index is 1.29. The quantitative estimate of drug-likeness (QED) is 0.143. The minimum absolute atomic E-state index is 0.0826. The summed E-state index contributed by atoms with van der Waals surface area (Å²) in [4.78, 5) is 54.0. The summed E-state index contributed by atoms with van der Waals surface area (Å²) in [5.74, 6) is -5.05. The lowest BCUT2D eigenvalue weighted by Crippen LogP contribution is -2.60. The van der Waals surface area contributed by atoms with Crippen molar-refractivity contribution in [2.24, 2.45) is 17.8 Å². The average Bonchev–Trinajstić information content (AvgIpc) is 3.38. The molecule has 3 fully saturated rings. The molecule has 4 aliphatic rings. The molecular weight excluding hydrogens is 744 g/mol. The Kier molecular flexibility index (Phi) is 7.41. The van der Waals surface area contributed by atoms with E-state index in [2.05, 4.69) is 5.32 Å². The number of amides is 4. The van der Waals surface area contributed by atoms with Crippen LogP contribution in [-0.4, -0.2) is 57.5 Å². The molecule has 6 atom stereocenters. The van der Waals surface area contributed by atoms with Crippen LogP contribution in [0.3, 0.4) is 0 Å². The van der Waals surface area contributed by atoms with E-state index in [9.17, 15) is 24.3 Å². The van der Waals surface area contributed by atoms with Crippen molar-refractivity contribution in [1.82, 2.24) is 4.90 Å². The molecule has 4 amide bonds. The molecule has 12 heteroatoms. The van der Waals surface area contributed by atoms with Crippen LogP contribution in [0.2, 0.25) is 0 Å². The van der Waals surface area contributed by atoms with E-state index in [1.807, 2.05) is 59.0 Å². The van der Waals surface area contributed by atoms with E-state index < -0.39 is 51.1 Å². The lowest BCUT2D eigenvalue weighted by Gasteiger charge is -2.50. The van der Waals surface area contributed by atoms with Crippen LogP contribution in [-0.2, 0) is 19.2 Å². The summed E-state index contributed by atoms with van der Waals surface area (Å²) in [5.41, 5.74) is 3.30. The minimum Gasteiger partial charge on any atom is -0.504 e. The summed E-state index contributed by atoms with van der Waals surface area (Å²) in [7, 11) is 2.75. The molecule has 0 aromatic heterocycles. The molecule has 0 radical (unpaired) electrons. The minimum atomic E-state index is -1.92. The highest BCUT2D eigenvalue weighted by molar-refractivity contribution is 14.1. The molecule has 3 aromatic rings. The first-order valence-electron chi connectivity index (χ1n) is 14.7. The largest absolute Gasteiger partial charge is 0.504 e. The molecule has 46 heavy (non-hydrogen) atoms. The SMILES string of the molecule is COc1cc(C2C3=CCC4C(=O)N(c5ccc(Nc6ccccc6)cc5)C(=O)C4C3CC3(Cl)C(=O)N(C)C(=O)C23Cl)cc(I)c1O. The fourth-order valence-electron chi connectivity index (χ4n) is 7.67. The van der Waals surface area contributed by atoms with Gasteiger partial charge in [0.2, 0.25) is 11.8 Å². The van der Waals surface area contributed by atoms with Gasteiger partial charge in [0.15, 0.2) is 21.2 Å². The van der Waals surface area contributed by atoms with Gasteiger partial charge in [0.1, 0.15) is 0 Å². The number of fused-ring (bicyclic) bond motifs is 4. The highest BCUT2D eigenvalue weighted by atomic mass is 127. The number of anilines is 3. The van der Waals surface area contributed by atoms with Crippen molar-refractivity contribution in [2.75, 3.05) is 24.4 Å². The fraction of sp³-hybridized carbons (Fsp3) is 0.294. The van der Waals surface area contributed by atoms with E-state index in [1.165, 1.54) is 19.1 Å². The van der Waals surface area contributed by atoms with Gasteiger partial charge >= 0.3 is 0 Å². The fourth-order valence-corrected chi connectivity index (χ4v) is 9.32. The number of hydrogen-bond acceptors (Lipinski definition) is 7. The molecule has 3 aromatic carbocycles. The molecule has 6 unspecified atom stereocenters. The maximum atomic E-state index is 14.3. The first-order valence-corrected chi connectivity index (χ1v) is 16.5. The summed E-state index contributed by atoms with van der Waals surface area (Å²) in [6, 6.07) is 19.9.